The van der Waals surface area contributed by atoms with Crippen LogP contribution in [0.15, 0.2) is 23.6 Å². The van der Waals surface area contributed by atoms with Crippen molar-refractivity contribution in [3.63, 3.8) is 0 Å². The van der Waals surface area contributed by atoms with E-state index in [9.17, 15) is 12.8 Å². The third-order valence-electron chi connectivity index (χ3n) is 2.33. The normalized spacial score (nSPS) is 11.5. The second-order valence-electron chi connectivity index (χ2n) is 3.88. The Labute approximate surface area is 120 Å². The summed E-state index contributed by atoms with van der Waals surface area (Å²) >= 11 is 1.07. The molecule has 0 saturated carbocycles. The minimum atomic E-state index is -3.64. The zero-order valence-electron chi connectivity index (χ0n) is 10.6. The highest BCUT2D eigenvalue weighted by atomic mass is 32.2. The van der Waals surface area contributed by atoms with Crippen LogP contribution < -0.4 is 15.2 Å². The van der Waals surface area contributed by atoms with Gasteiger partial charge in [-0.2, -0.15) is 13.1 Å². The molecule has 0 bridgehead atoms. The van der Waals surface area contributed by atoms with Crippen molar-refractivity contribution in [2.45, 2.75) is 6.92 Å². The molecule has 0 radical (unpaired) electrons. The summed E-state index contributed by atoms with van der Waals surface area (Å²) in [6.45, 7) is 1.93. The van der Waals surface area contributed by atoms with Crippen molar-refractivity contribution >= 4 is 32.4 Å². The molecule has 1 aromatic heterocycles. The van der Waals surface area contributed by atoms with Crippen LogP contribution in [0.3, 0.4) is 0 Å². The number of nitrogen functional groups attached to an aromatic ring is 1. The van der Waals surface area contributed by atoms with Crippen molar-refractivity contribution in [3.8, 4) is 11.3 Å². The molecule has 9 heteroatoms. The fraction of sp³-hybridized carbons (Fsp3) is 0.182. The summed E-state index contributed by atoms with van der Waals surface area (Å²) in [7, 11) is -3.64. The molecule has 2 aromatic rings. The minimum absolute atomic E-state index is 0.164. The van der Waals surface area contributed by atoms with Crippen LogP contribution in [0.5, 0.6) is 0 Å². The monoisotopic (exact) mass is 316 g/mol. The number of thiazole rings is 1. The topological polar surface area (TPSA) is 97.1 Å². The van der Waals surface area contributed by atoms with Crippen molar-refractivity contribution in [3.05, 3.63) is 29.4 Å². The zero-order chi connectivity index (χ0) is 14.8. The van der Waals surface area contributed by atoms with E-state index in [0.29, 0.717) is 11.4 Å². The highest BCUT2D eigenvalue weighted by Crippen LogP contribution is 2.28. The minimum Gasteiger partial charge on any atom is -0.399 e. The van der Waals surface area contributed by atoms with E-state index in [1.807, 2.05) is 0 Å². The fourth-order valence-electron chi connectivity index (χ4n) is 1.52. The smallest absolute Gasteiger partial charge is 0.300 e. The van der Waals surface area contributed by atoms with Crippen LogP contribution in [-0.4, -0.2) is 19.9 Å². The highest BCUT2D eigenvalue weighted by molar-refractivity contribution is 7.91. The van der Waals surface area contributed by atoms with E-state index in [1.165, 1.54) is 12.1 Å². The van der Waals surface area contributed by atoms with Gasteiger partial charge in [0.1, 0.15) is 5.82 Å². The third-order valence-corrected chi connectivity index (χ3v) is 4.35. The average Bonchev–Trinajstić information content (AvgIpc) is 2.76. The summed E-state index contributed by atoms with van der Waals surface area (Å²) in [6.07, 6.45) is 0. The third kappa shape index (κ3) is 3.44. The molecule has 0 spiro atoms. The summed E-state index contributed by atoms with van der Waals surface area (Å²) < 4.78 is 41.3. The number of benzene rings is 1. The molecule has 108 valence electrons. The first-order valence-corrected chi connectivity index (χ1v) is 8.06. The number of rotatable bonds is 5. The van der Waals surface area contributed by atoms with Crippen LogP contribution in [0, 0.1) is 5.82 Å². The van der Waals surface area contributed by atoms with Gasteiger partial charge in [-0.3, -0.25) is 0 Å². The summed E-state index contributed by atoms with van der Waals surface area (Å²) in [5.41, 5.74) is 6.40. The van der Waals surface area contributed by atoms with Gasteiger partial charge in [0.05, 0.1) is 5.69 Å². The summed E-state index contributed by atoms with van der Waals surface area (Å²) in [5.74, 6) is -0.503. The van der Waals surface area contributed by atoms with Gasteiger partial charge in [0.15, 0.2) is 5.13 Å². The van der Waals surface area contributed by atoms with E-state index < -0.39 is 16.0 Å². The van der Waals surface area contributed by atoms with Crippen LogP contribution in [-0.2, 0) is 10.2 Å². The van der Waals surface area contributed by atoms with Crippen LogP contribution in [0.1, 0.15) is 6.92 Å². The first-order valence-electron chi connectivity index (χ1n) is 5.69. The van der Waals surface area contributed by atoms with Gasteiger partial charge in [-0.1, -0.05) is 6.92 Å². The number of nitrogens with zero attached hydrogens (tertiary/aromatic N) is 1. The van der Waals surface area contributed by atoms with Gasteiger partial charge in [0.25, 0.3) is 0 Å². The molecule has 1 heterocycles. The van der Waals surface area contributed by atoms with Gasteiger partial charge in [-0.15, -0.1) is 11.3 Å². The molecular weight excluding hydrogens is 303 g/mol. The van der Waals surface area contributed by atoms with Gasteiger partial charge in [-0.05, 0) is 18.2 Å². The van der Waals surface area contributed by atoms with E-state index in [0.717, 1.165) is 11.3 Å². The Kier molecular flexibility index (Phi) is 4.21. The molecule has 20 heavy (non-hydrogen) atoms. The van der Waals surface area contributed by atoms with Gasteiger partial charge in [0, 0.05) is 23.2 Å². The maximum Gasteiger partial charge on any atom is 0.300 e. The lowest BCUT2D eigenvalue weighted by molar-refractivity contribution is 0.589. The number of hydrogen-bond donors (Lipinski definition) is 3. The zero-order valence-corrected chi connectivity index (χ0v) is 12.2. The summed E-state index contributed by atoms with van der Waals surface area (Å²) in [6, 6.07) is 4.25. The molecule has 0 saturated heterocycles. The number of halogens is 1. The van der Waals surface area contributed by atoms with Crippen molar-refractivity contribution < 1.29 is 12.8 Å². The quantitative estimate of drug-likeness (QED) is 0.733. The molecule has 2 rings (SSSR count). The molecule has 0 aliphatic carbocycles. The lowest BCUT2D eigenvalue weighted by Gasteiger charge is -2.04. The van der Waals surface area contributed by atoms with E-state index in [1.54, 1.807) is 18.4 Å². The molecule has 4 N–H and O–H groups in total. The van der Waals surface area contributed by atoms with Crippen molar-refractivity contribution in [2.75, 3.05) is 17.0 Å². The molecule has 6 nitrogen and oxygen atoms in total. The predicted octanol–water partition coefficient (Wildman–Crippen LogP) is 1.80. The largest absolute Gasteiger partial charge is 0.399 e. The number of anilines is 2. The van der Waals surface area contributed by atoms with Crippen LogP contribution in [0.25, 0.3) is 11.3 Å². The first-order chi connectivity index (χ1) is 9.41. The predicted molar refractivity (Wildman–Crippen MR) is 78.1 cm³/mol. The van der Waals surface area contributed by atoms with Gasteiger partial charge >= 0.3 is 10.2 Å². The molecule has 0 amide bonds. The number of aromatic nitrogens is 1. The lowest BCUT2D eigenvalue weighted by Crippen LogP contribution is -2.29. The molecule has 1 aromatic carbocycles. The maximum absolute atomic E-state index is 13.7. The van der Waals surface area contributed by atoms with E-state index in [-0.39, 0.29) is 17.2 Å². The van der Waals surface area contributed by atoms with Crippen molar-refractivity contribution in [1.29, 1.82) is 0 Å². The van der Waals surface area contributed by atoms with E-state index in [4.69, 9.17) is 5.73 Å². The summed E-state index contributed by atoms with van der Waals surface area (Å²) in [5, 5.41) is 1.73. The highest BCUT2D eigenvalue weighted by Gasteiger charge is 2.13. The van der Waals surface area contributed by atoms with Crippen molar-refractivity contribution in [2.24, 2.45) is 0 Å². The second kappa shape index (κ2) is 5.73. The number of nitrogens with one attached hydrogen (secondary N) is 2. The number of nitrogens with two attached hydrogens (primary N) is 1. The average molecular weight is 316 g/mol. The Morgan fingerprint density at radius 2 is 2.20 bits per heavy atom. The molecule has 0 aliphatic rings. The van der Waals surface area contributed by atoms with Gasteiger partial charge < -0.3 is 5.73 Å². The van der Waals surface area contributed by atoms with Crippen LogP contribution in [0.4, 0.5) is 15.2 Å². The Morgan fingerprint density at radius 1 is 1.45 bits per heavy atom. The second-order valence-corrected chi connectivity index (χ2v) is 6.24. The SMILES string of the molecule is CCNS(=O)(=O)Nc1nc(-c2ccc(N)cc2F)cs1. The molecule has 0 unspecified atom stereocenters. The molecule has 0 atom stereocenters. The van der Waals surface area contributed by atoms with Gasteiger partial charge in [0.2, 0.25) is 0 Å². The molecule has 0 fully saturated rings. The van der Waals surface area contributed by atoms with Crippen molar-refractivity contribution in [1.82, 2.24) is 9.71 Å². The summed E-state index contributed by atoms with van der Waals surface area (Å²) in [4.78, 5) is 4.05. The maximum atomic E-state index is 13.7. The first kappa shape index (κ1) is 14.7. The van der Waals surface area contributed by atoms with Crippen LogP contribution >= 0.6 is 11.3 Å². The van der Waals surface area contributed by atoms with E-state index >= 15 is 0 Å². The van der Waals surface area contributed by atoms with Crippen LogP contribution in [0.2, 0.25) is 0 Å². The molecular formula is C11H13FN4O2S2. The molecule has 0 aliphatic heterocycles. The Morgan fingerprint density at radius 3 is 2.85 bits per heavy atom. The van der Waals surface area contributed by atoms with Gasteiger partial charge in [-0.25, -0.2) is 14.1 Å². The lowest BCUT2D eigenvalue weighted by atomic mass is 10.1. The van der Waals surface area contributed by atoms with E-state index in [2.05, 4.69) is 14.4 Å². The Bertz CT molecular complexity index is 715. The Balaban J connectivity index is 2.25. The Hall–Kier alpha value is -1.71. The fourth-order valence-corrected chi connectivity index (χ4v) is 3.33. The number of hydrogen-bond acceptors (Lipinski definition) is 5. The standard InChI is InChI=1S/C11H13FN4O2S2/c1-2-14-20(17,18)16-11-15-10(6-19-11)8-4-3-7(13)5-9(8)12/h3-6,14H,2,13H2,1H3,(H,15,16).